The molecule has 0 fully saturated rings. The first-order chi connectivity index (χ1) is 10.7. The van der Waals surface area contributed by atoms with Gasteiger partial charge >= 0.3 is 0 Å². The van der Waals surface area contributed by atoms with E-state index in [1.54, 1.807) is 0 Å². The summed E-state index contributed by atoms with van der Waals surface area (Å²) in [5.74, 6) is 1.35. The van der Waals surface area contributed by atoms with E-state index in [-0.39, 0.29) is 22.8 Å². The van der Waals surface area contributed by atoms with Gasteiger partial charge < -0.3 is 17.0 Å². The van der Waals surface area contributed by atoms with Gasteiger partial charge in [-0.15, -0.1) is 0 Å². The van der Waals surface area contributed by atoms with Crippen molar-refractivity contribution in [1.82, 2.24) is 4.57 Å². The van der Waals surface area contributed by atoms with E-state index in [9.17, 15) is 4.79 Å². The number of nitrogens with zero attached hydrogens (tertiary/aromatic N) is 2. The second-order valence-electron chi connectivity index (χ2n) is 5.59. The van der Waals surface area contributed by atoms with Crippen LogP contribution in [0.5, 0.6) is 0 Å². The molecule has 0 aliphatic carbocycles. The quantitative estimate of drug-likeness (QED) is 0.467. The molecule has 0 radical (unpaired) electrons. The van der Waals surface area contributed by atoms with Gasteiger partial charge in [0.1, 0.15) is 0 Å². The average molecular weight is 373 g/mol. The first kappa shape index (κ1) is 17.4. The van der Waals surface area contributed by atoms with E-state index < -0.39 is 0 Å². The van der Waals surface area contributed by atoms with E-state index in [1.807, 2.05) is 42.5 Å². The Morgan fingerprint density at radius 1 is 1.04 bits per heavy atom. The van der Waals surface area contributed by atoms with Crippen molar-refractivity contribution in [2.24, 2.45) is 7.05 Å². The summed E-state index contributed by atoms with van der Waals surface area (Å²) in [6.45, 7) is 2.56. The summed E-state index contributed by atoms with van der Waals surface area (Å²) < 4.78 is 4.37. The second-order valence-corrected chi connectivity index (χ2v) is 5.59. The highest BCUT2D eigenvalue weighted by molar-refractivity contribution is 5.96. The lowest BCUT2D eigenvalue weighted by Gasteiger charge is -2.03. The number of aryl methyl sites for hydroxylation is 1. The minimum Gasteiger partial charge on any atom is -1.00 e. The van der Waals surface area contributed by atoms with E-state index in [0.29, 0.717) is 6.54 Å². The van der Waals surface area contributed by atoms with Crippen molar-refractivity contribution >= 4 is 16.8 Å². The molecular weight excluding hydrogens is 352 g/mol. The molecule has 0 aliphatic heterocycles. The zero-order valence-corrected chi connectivity index (χ0v) is 15.1. The fourth-order valence-corrected chi connectivity index (χ4v) is 3.00. The second kappa shape index (κ2) is 7.55. The van der Waals surface area contributed by atoms with Crippen LogP contribution in [0.1, 0.15) is 29.5 Å². The molecule has 3 nitrogen and oxygen atoms in total. The maximum atomic E-state index is 12.6. The van der Waals surface area contributed by atoms with Gasteiger partial charge in [0.25, 0.3) is 5.82 Å². The Hall–Kier alpha value is -1.94. The Morgan fingerprint density at radius 2 is 1.70 bits per heavy atom. The molecule has 1 heterocycles. The largest absolute Gasteiger partial charge is 1.00 e. The molecule has 0 N–H and O–H groups in total. The van der Waals surface area contributed by atoms with Gasteiger partial charge in [-0.1, -0.05) is 49.4 Å². The molecule has 0 spiro atoms. The third-order valence-corrected chi connectivity index (χ3v) is 4.10. The van der Waals surface area contributed by atoms with Gasteiger partial charge in [0.2, 0.25) is 5.78 Å². The van der Waals surface area contributed by atoms with Crippen LogP contribution in [0.4, 0.5) is 0 Å². The normalized spacial score (nSPS) is 10.5. The number of imidazole rings is 1. The van der Waals surface area contributed by atoms with E-state index in [0.717, 1.165) is 23.9 Å². The lowest BCUT2D eigenvalue weighted by Crippen LogP contribution is -3.00. The molecular formula is C19H21BrN2O. The number of Topliss-reactive ketones (excluding diaryl/α,β-unsaturated/α-hetero) is 1. The molecule has 0 bridgehead atoms. The lowest BCUT2D eigenvalue weighted by molar-refractivity contribution is -0.654. The van der Waals surface area contributed by atoms with Crippen LogP contribution >= 0.6 is 0 Å². The number of ketones is 1. The van der Waals surface area contributed by atoms with Crippen molar-refractivity contribution < 1.29 is 26.3 Å². The molecule has 3 rings (SSSR count). The third kappa shape index (κ3) is 3.37. The summed E-state index contributed by atoms with van der Waals surface area (Å²) in [4.78, 5) is 12.6. The van der Waals surface area contributed by atoms with Crippen molar-refractivity contribution in [3.05, 3.63) is 66.0 Å². The number of aromatic nitrogens is 2. The Balaban J connectivity index is 0.00000192. The van der Waals surface area contributed by atoms with Gasteiger partial charge in [-0.05, 0) is 18.6 Å². The van der Waals surface area contributed by atoms with Crippen molar-refractivity contribution in [1.29, 1.82) is 0 Å². The SMILES string of the molecule is CCCc1n(CC(=O)c2ccccc2)c2ccccc2[n+]1C.[Br-]. The van der Waals surface area contributed by atoms with Gasteiger partial charge in [-0.25, -0.2) is 9.13 Å². The summed E-state index contributed by atoms with van der Waals surface area (Å²) in [5.41, 5.74) is 3.06. The minimum atomic E-state index is 0. The molecule has 3 aromatic rings. The van der Waals surface area contributed by atoms with Crippen molar-refractivity contribution in [3.8, 4) is 0 Å². The monoisotopic (exact) mass is 372 g/mol. The van der Waals surface area contributed by atoms with Crippen LogP contribution in [0.15, 0.2) is 54.6 Å². The molecule has 0 amide bonds. The first-order valence-corrected chi connectivity index (χ1v) is 7.76. The molecule has 1 aromatic heterocycles. The Labute approximate surface area is 147 Å². The van der Waals surface area contributed by atoms with Gasteiger partial charge in [-0.2, -0.15) is 0 Å². The van der Waals surface area contributed by atoms with Crippen LogP contribution in [0.3, 0.4) is 0 Å². The minimum absolute atomic E-state index is 0. The lowest BCUT2D eigenvalue weighted by atomic mass is 10.1. The number of hydrogen-bond donors (Lipinski definition) is 0. The van der Waals surface area contributed by atoms with E-state index >= 15 is 0 Å². The van der Waals surface area contributed by atoms with Crippen molar-refractivity contribution in [2.45, 2.75) is 26.3 Å². The topological polar surface area (TPSA) is 25.9 Å². The standard InChI is InChI=1S/C19H21N2O.BrH/c1-3-9-19-20(2)16-12-7-8-13-17(16)21(19)14-18(22)15-10-5-4-6-11-15;/h4-8,10-13H,3,9,14H2,1-2H3;1H/q+1;/p-1. The zero-order chi connectivity index (χ0) is 15.5. The molecule has 2 aromatic carbocycles. The van der Waals surface area contributed by atoms with Crippen LogP contribution in [0.2, 0.25) is 0 Å². The molecule has 0 saturated carbocycles. The number of benzene rings is 2. The summed E-state index contributed by atoms with van der Waals surface area (Å²) in [6.07, 6.45) is 2.02. The fraction of sp³-hybridized carbons (Fsp3) is 0.263. The predicted molar refractivity (Wildman–Crippen MR) is 87.9 cm³/mol. The zero-order valence-electron chi connectivity index (χ0n) is 13.5. The smallest absolute Gasteiger partial charge is 0.257 e. The number of carbonyl (C=O) groups excluding carboxylic acids is 1. The number of hydrogen-bond acceptors (Lipinski definition) is 1. The van der Waals surface area contributed by atoms with Crippen molar-refractivity contribution in [3.63, 3.8) is 0 Å². The highest BCUT2D eigenvalue weighted by Crippen LogP contribution is 2.16. The number of para-hydroxylation sites is 2. The molecule has 0 saturated heterocycles. The van der Waals surface area contributed by atoms with Gasteiger partial charge in [0.05, 0.1) is 7.05 Å². The van der Waals surface area contributed by atoms with Crippen LogP contribution in [-0.4, -0.2) is 10.4 Å². The third-order valence-electron chi connectivity index (χ3n) is 4.10. The Morgan fingerprint density at radius 3 is 2.39 bits per heavy atom. The molecule has 0 unspecified atom stereocenters. The summed E-state index contributed by atoms with van der Waals surface area (Å²) in [5, 5.41) is 0. The Kier molecular flexibility index (Phi) is 5.72. The molecule has 120 valence electrons. The summed E-state index contributed by atoms with van der Waals surface area (Å²) >= 11 is 0. The van der Waals surface area contributed by atoms with Crippen LogP contribution in [-0.2, 0) is 20.0 Å². The highest BCUT2D eigenvalue weighted by Gasteiger charge is 2.23. The fourth-order valence-electron chi connectivity index (χ4n) is 3.00. The van der Waals surface area contributed by atoms with Gasteiger partial charge in [-0.3, -0.25) is 4.79 Å². The molecule has 23 heavy (non-hydrogen) atoms. The maximum absolute atomic E-state index is 12.6. The number of carbonyl (C=O) groups is 1. The molecule has 0 aliphatic rings. The van der Waals surface area contributed by atoms with E-state index in [4.69, 9.17) is 0 Å². The number of rotatable bonds is 5. The average Bonchev–Trinajstić information content (AvgIpc) is 2.82. The summed E-state index contributed by atoms with van der Waals surface area (Å²) in [6, 6.07) is 17.8. The number of fused-ring (bicyclic) bond motifs is 1. The van der Waals surface area contributed by atoms with Crippen LogP contribution in [0.25, 0.3) is 11.0 Å². The van der Waals surface area contributed by atoms with Gasteiger partial charge in [0.15, 0.2) is 17.6 Å². The van der Waals surface area contributed by atoms with Crippen LogP contribution in [0, 0.1) is 0 Å². The number of halogens is 1. The van der Waals surface area contributed by atoms with Crippen molar-refractivity contribution in [2.75, 3.05) is 0 Å². The summed E-state index contributed by atoms with van der Waals surface area (Å²) in [7, 11) is 2.08. The highest BCUT2D eigenvalue weighted by atomic mass is 79.9. The predicted octanol–water partition coefficient (Wildman–Crippen LogP) is 0.305. The molecule has 0 atom stereocenters. The maximum Gasteiger partial charge on any atom is 0.257 e. The van der Waals surface area contributed by atoms with Crippen LogP contribution < -0.4 is 21.5 Å². The first-order valence-electron chi connectivity index (χ1n) is 7.76. The molecule has 4 heteroatoms. The van der Waals surface area contributed by atoms with E-state index in [2.05, 4.69) is 35.2 Å². The van der Waals surface area contributed by atoms with Gasteiger partial charge in [0, 0.05) is 12.0 Å². The van der Waals surface area contributed by atoms with E-state index in [1.165, 1.54) is 11.3 Å². The Bertz CT molecular complexity index is 809.